The second kappa shape index (κ2) is 8.50. The van der Waals surface area contributed by atoms with Gasteiger partial charge in [0.15, 0.2) is 0 Å². The van der Waals surface area contributed by atoms with Crippen LogP contribution in [0.15, 0.2) is 0 Å². The molecule has 1 atom stereocenters. The third-order valence-corrected chi connectivity index (χ3v) is 2.61. The van der Waals surface area contributed by atoms with E-state index >= 15 is 0 Å². The van der Waals surface area contributed by atoms with Crippen LogP contribution in [0.5, 0.6) is 0 Å². The number of nitrogens with zero attached hydrogens (tertiary/aromatic N) is 1. The summed E-state index contributed by atoms with van der Waals surface area (Å²) in [4.78, 5) is 36.3. The lowest BCUT2D eigenvalue weighted by molar-refractivity contribution is -0.137. The molecular weight excluding hydrogens is 248 g/mol. The molecule has 0 saturated carbocycles. The molecule has 0 spiro atoms. The lowest BCUT2D eigenvalue weighted by Crippen LogP contribution is -2.52. The fourth-order valence-corrected chi connectivity index (χ4v) is 1.70. The van der Waals surface area contributed by atoms with E-state index < -0.39 is 12.1 Å². The van der Waals surface area contributed by atoms with Crippen LogP contribution in [0, 0.1) is 5.92 Å². The Balaban J connectivity index is 4.91. The minimum absolute atomic E-state index is 0.0682. The van der Waals surface area contributed by atoms with Gasteiger partial charge in [0, 0.05) is 6.54 Å². The van der Waals surface area contributed by atoms with Gasteiger partial charge in [-0.2, -0.15) is 0 Å². The van der Waals surface area contributed by atoms with Crippen molar-refractivity contribution in [3.63, 3.8) is 0 Å². The molecule has 0 radical (unpaired) electrons. The number of hydrogen-bond donors (Lipinski definition) is 1. The maximum atomic E-state index is 12.4. The number of carbonyl (C=O) groups excluding carboxylic acids is 3. The number of methoxy groups -OCH3 is 1. The molecule has 1 unspecified atom stereocenters. The lowest BCUT2D eigenvalue weighted by atomic mass is 10.0. The Labute approximate surface area is 114 Å². The van der Waals surface area contributed by atoms with E-state index in [-0.39, 0.29) is 24.2 Å². The molecule has 0 aliphatic carbocycles. The summed E-state index contributed by atoms with van der Waals surface area (Å²) in [5.41, 5.74) is 0. The van der Waals surface area contributed by atoms with Crippen molar-refractivity contribution in [1.29, 1.82) is 0 Å². The number of amides is 2. The Hall–Kier alpha value is -1.59. The number of nitrogens with one attached hydrogen (secondary N) is 1. The van der Waals surface area contributed by atoms with E-state index in [4.69, 9.17) is 0 Å². The van der Waals surface area contributed by atoms with E-state index in [1.807, 2.05) is 20.8 Å². The van der Waals surface area contributed by atoms with Crippen LogP contribution in [-0.4, -0.2) is 48.9 Å². The second-order valence-corrected chi connectivity index (χ2v) is 4.82. The van der Waals surface area contributed by atoms with Gasteiger partial charge in [-0.15, -0.1) is 0 Å². The van der Waals surface area contributed by atoms with Gasteiger partial charge in [-0.3, -0.25) is 9.59 Å². The zero-order valence-electron chi connectivity index (χ0n) is 12.4. The van der Waals surface area contributed by atoms with Crippen LogP contribution in [0.4, 0.5) is 4.79 Å². The highest BCUT2D eigenvalue weighted by molar-refractivity contribution is 5.89. The molecule has 0 bridgehead atoms. The maximum Gasteiger partial charge on any atom is 0.407 e. The predicted molar refractivity (Wildman–Crippen MR) is 71.7 cm³/mol. The smallest absolute Gasteiger partial charge is 0.407 e. The van der Waals surface area contributed by atoms with E-state index in [2.05, 4.69) is 10.1 Å². The highest BCUT2D eigenvalue weighted by Gasteiger charge is 2.29. The quantitative estimate of drug-likeness (QED) is 0.755. The fraction of sp³-hybridized carbons (Fsp3) is 0.769. The molecule has 6 nitrogen and oxygen atoms in total. The Morgan fingerprint density at radius 2 is 1.84 bits per heavy atom. The molecule has 0 heterocycles. The van der Waals surface area contributed by atoms with Gasteiger partial charge >= 0.3 is 6.09 Å². The van der Waals surface area contributed by atoms with Crippen molar-refractivity contribution < 1.29 is 19.1 Å². The van der Waals surface area contributed by atoms with E-state index in [1.165, 1.54) is 18.9 Å². The van der Waals surface area contributed by atoms with Crippen molar-refractivity contribution in [3.05, 3.63) is 0 Å². The number of ketones is 1. The van der Waals surface area contributed by atoms with Gasteiger partial charge in [0.05, 0.1) is 13.7 Å². The normalized spacial score (nSPS) is 11.9. The molecule has 19 heavy (non-hydrogen) atoms. The number of alkyl carbamates (subject to hydrolysis) is 1. The average molecular weight is 272 g/mol. The number of rotatable bonds is 7. The lowest BCUT2D eigenvalue weighted by Gasteiger charge is -2.28. The average Bonchev–Trinajstić information content (AvgIpc) is 2.33. The molecule has 1 N–H and O–H groups in total. The van der Waals surface area contributed by atoms with Crippen molar-refractivity contribution in [1.82, 2.24) is 10.2 Å². The third-order valence-electron chi connectivity index (χ3n) is 2.61. The molecule has 110 valence electrons. The summed E-state index contributed by atoms with van der Waals surface area (Å²) in [6.07, 6.45) is 0.105. The number of ether oxygens (including phenoxy) is 1. The predicted octanol–water partition coefficient (Wildman–Crippen LogP) is 1.19. The first-order chi connectivity index (χ1) is 8.83. The molecule has 0 rings (SSSR count). The highest BCUT2D eigenvalue weighted by Crippen LogP contribution is 2.07. The monoisotopic (exact) mass is 272 g/mol. The Bertz CT molecular complexity index is 329. The third kappa shape index (κ3) is 6.22. The van der Waals surface area contributed by atoms with Gasteiger partial charge in [-0.25, -0.2) is 4.79 Å². The zero-order valence-corrected chi connectivity index (χ0v) is 12.4. The highest BCUT2D eigenvalue weighted by atomic mass is 16.5. The first kappa shape index (κ1) is 17.4. The second-order valence-electron chi connectivity index (χ2n) is 4.82. The SMILES string of the molecule is CCCN(CC(C)=O)C(=O)C(NC(=O)OC)C(C)C. The minimum Gasteiger partial charge on any atom is -0.453 e. The molecule has 0 saturated heterocycles. The van der Waals surface area contributed by atoms with Crippen LogP contribution in [0.1, 0.15) is 34.1 Å². The summed E-state index contributed by atoms with van der Waals surface area (Å²) >= 11 is 0. The van der Waals surface area contributed by atoms with Gasteiger partial charge in [0.1, 0.15) is 11.8 Å². The van der Waals surface area contributed by atoms with Gasteiger partial charge in [-0.1, -0.05) is 20.8 Å². The van der Waals surface area contributed by atoms with Gasteiger partial charge in [0.25, 0.3) is 0 Å². The zero-order chi connectivity index (χ0) is 15.0. The summed E-state index contributed by atoms with van der Waals surface area (Å²) in [5.74, 6) is -0.419. The van der Waals surface area contributed by atoms with E-state index in [0.29, 0.717) is 6.54 Å². The summed E-state index contributed by atoms with van der Waals surface area (Å²) < 4.78 is 4.51. The van der Waals surface area contributed by atoms with E-state index in [9.17, 15) is 14.4 Å². The Morgan fingerprint density at radius 1 is 1.26 bits per heavy atom. The van der Waals surface area contributed by atoms with Gasteiger partial charge < -0.3 is 15.0 Å². The van der Waals surface area contributed by atoms with Crippen molar-refractivity contribution in [2.24, 2.45) is 5.92 Å². The number of carbonyl (C=O) groups is 3. The molecule has 0 aliphatic heterocycles. The van der Waals surface area contributed by atoms with Crippen molar-refractivity contribution in [2.75, 3.05) is 20.2 Å². The molecule has 6 heteroatoms. The topological polar surface area (TPSA) is 75.7 Å². The van der Waals surface area contributed by atoms with Crippen LogP contribution >= 0.6 is 0 Å². The number of hydrogen-bond acceptors (Lipinski definition) is 4. The molecule has 2 amide bonds. The van der Waals surface area contributed by atoms with Gasteiger partial charge in [-0.05, 0) is 19.3 Å². The maximum absolute atomic E-state index is 12.4. The fourth-order valence-electron chi connectivity index (χ4n) is 1.70. The molecule has 0 aromatic carbocycles. The number of Topliss-reactive ketones (excluding diaryl/α,β-unsaturated/α-hetero) is 1. The van der Waals surface area contributed by atoms with Crippen molar-refractivity contribution in [3.8, 4) is 0 Å². The summed E-state index contributed by atoms with van der Waals surface area (Å²) in [6.45, 7) is 7.59. The summed E-state index contributed by atoms with van der Waals surface area (Å²) in [7, 11) is 1.25. The minimum atomic E-state index is -0.682. The first-order valence-corrected chi connectivity index (χ1v) is 6.46. The van der Waals surface area contributed by atoms with E-state index in [0.717, 1.165) is 6.42 Å². The van der Waals surface area contributed by atoms with Crippen LogP contribution in [0.3, 0.4) is 0 Å². The standard InChI is InChI=1S/C13H24N2O4/c1-6-7-15(8-10(4)16)12(17)11(9(2)3)14-13(18)19-5/h9,11H,6-8H2,1-5H3,(H,14,18). The molecule has 0 aliphatic rings. The first-order valence-electron chi connectivity index (χ1n) is 6.46. The molecular formula is C13H24N2O4. The Kier molecular flexibility index (Phi) is 7.79. The van der Waals surface area contributed by atoms with Crippen LogP contribution in [0.2, 0.25) is 0 Å². The van der Waals surface area contributed by atoms with E-state index in [1.54, 1.807) is 0 Å². The van der Waals surface area contributed by atoms with Crippen molar-refractivity contribution >= 4 is 17.8 Å². The van der Waals surface area contributed by atoms with Crippen molar-refractivity contribution in [2.45, 2.75) is 40.2 Å². The van der Waals surface area contributed by atoms with Crippen LogP contribution in [0.25, 0.3) is 0 Å². The van der Waals surface area contributed by atoms with Crippen LogP contribution < -0.4 is 5.32 Å². The largest absolute Gasteiger partial charge is 0.453 e. The van der Waals surface area contributed by atoms with Crippen LogP contribution in [-0.2, 0) is 14.3 Å². The summed E-state index contributed by atoms with van der Waals surface area (Å²) in [5, 5.41) is 2.51. The Morgan fingerprint density at radius 3 is 2.21 bits per heavy atom. The molecule has 0 aromatic rings. The molecule has 0 fully saturated rings. The van der Waals surface area contributed by atoms with Gasteiger partial charge in [0.2, 0.25) is 5.91 Å². The molecule has 0 aromatic heterocycles. The summed E-state index contributed by atoms with van der Waals surface area (Å²) in [6, 6.07) is -0.682.